The van der Waals surface area contributed by atoms with E-state index in [9.17, 15) is 1.37 Å². The van der Waals surface area contributed by atoms with E-state index < -0.39 is 12.1 Å². The second kappa shape index (κ2) is 9.93. The van der Waals surface area contributed by atoms with E-state index in [1.54, 1.807) is 0 Å². The fourth-order valence-corrected chi connectivity index (χ4v) is 6.90. The highest BCUT2D eigenvalue weighted by Crippen LogP contribution is 2.47. The topological polar surface area (TPSA) is 0 Å². The molecule has 0 heteroatoms. The summed E-state index contributed by atoms with van der Waals surface area (Å²) in [5.41, 5.74) is 5.17. The number of hydrogen-bond acceptors (Lipinski definition) is 0. The SMILES string of the molecule is [2H]c1c([2H])c([2H])c2c(-c3c4ccccc4c(-c4ccc(-c5cccc6ccccc56)c5ccccc45)c4ccccc34)c([2H])c([2H])c([2H])c2c1[2H]. The molecule has 0 amide bonds. The molecule has 0 N–H and O–H groups in total. The second-order valence-electron chi connectivity index (χ2n) is 11.1. The van der Waals surface area contributed by atoms with Gasteiger partial charge in [0.2, 0.25) is 0 Å². The van der Waals surface area contributed by atoms with Crippen LogP contribution in [-0.4, -0.2) is 0 Å². The Morgan fingerprint density at radius 1 is 0.273 bits per heavy atom. The lowest BCUT2D eigenvalue weighted by molar-refractivity contribution is 1.66. The van der Waals surface area contributed by atoms with Gasteiger partial charge in [-0.05, 0) is 87.2 Å². The summed E-state index contributed by atoms with van der Waals surface area (Å²) in [5, 5.41) is 7.97. The fourth-order valence-electron chi connectivity index (χ4n) is 6.90. The van der Waals surface area contributed by atoms with E-state index in [0.29, 0.717) is 5.56 Å². The quantitative estimate of drug-likeness (QED) is 0.188. The Bertz CT molecular complexity index is 2880. The van der Waals surface area contributed by atoms with Gasteiger partial charge in [0, 0.05) is 0 Å². The maximum Gasteiger partial charge on any atom is 0.0629 e. The van der Waals surface area contributed by atoms with E-state index in [0.717, 1.165) is 54.6 Å². The average Bonchev–Trinajstić information content (AvgIpc) is 3.17. The minimum Gasteiger partial charge on any atom is -0.0616 e. The van der Waals surface area contributed by atoms with Crippen LogP contribution in [0.3, 0.4) is 0 Å². The Labute approximate surface area is 266 Å². The Morgan fingerprint density at radius 3 is 1.45 bits per heavy atom. The summed E-state index contributed by atoms with van der Waals surface area (Å²) in [7, 11) is 0. The number of rotatable bonds is 3. The largest absolute Gasteiger partial charge is 0.0629 e. The fraction of sp³-hybridized carbons (Fsp3) is 0. The van der Waals surface area contributed by atoms with Gasteiger partial charge in [-0.3, -0.25) is 0 Å². The van der Waals surface area contributed by atoms with E-state index in [1.807, 2.05) is 36.4 Å². The van der Waals surface area contributed by atoms with E-state index in [4.69, 9.17) is 8.22 Å². The molecule has 9 rings (SSSR count). The molecule has 44 heavy (non-hydrogen) atoms. The molecule has 0 spiro atoms. The van der Waals surface area contributed by atoms with Crippen molar-refractivity contribution in [3.05, 3.63) is 170 Å². The van der Waals surface area contributed by atoms with Gasteiger partial charge >= 0.3 is 0 Å². The van der Waals surface area contributed by atoms with Crippen LogP contribution < -0.4 is 0 Å². The molecule has 9 aromatic rings. The van der Waals surface area contributed by atoms with Crippen molar-refractivity contribution >= 4 is 53.9 Å². The molecule has 0 aliphatic carbocycles. The number of benzene rings is 9. The summed E-state index contributed by atoms with van der Waals surface area (Å²) in [4.78, 5) is 0. The van der Waals surface area contributed by atoms with Gasteiger partial charge < -0.3 is 0 Å². The summed E-state index contributed by atoms with van der Waals surface area (Å²) in [6.07, 6.45) is 0. The molecular formula is C44H28. The molecule has 0 aromatic heterocycles. The lowest BCUT2D eigenvalue weighted by atomic mass is 9.83. The zero-order chi connectivity index (χ0) is 35.1. The van der Waals surface area contributed by atoms with Crippen LogP contribution >= 0.6 is 0 Å². The van der Waals surface area contributed by atoms with Gasteiger partial charge in [0.1, 0.15) is 0 Å². The van der Waals surface area contributed by atoms with E-state index in [2.05, 4.69) is 91.0 Å². The van der Waals surface area contributed by atoms with Crippen LogP contribution in [0.2, 0.25) is 0 Å². The lowest BCUT2D eigenvalue weighted by Crippen LogP contribution is -1.93. The van der Waals surface area contributed by atoms with Crippen LogP contribution in [0.15, 0.2) is 170 Å². The minimum absolute atomic E-state index is 0.0516. The molecule has 0 aliphatic heterocycles. The third-order valence-corrected chi connectivity index (χ3v) is 8.77. The van der Waals surface area contributed by atoms with Crippen LogP contribution in [-0.2, 0) is 0 Å². The van der Waals surface area contributed by atoms with Crippen molar-refractivity contribution < 1.29 is 9.60 Å². The van der Waals surface area contributed by atoms with Gasteiger partial charge in [-0.1, -0.05) is 170 Å². The Hall–Kier alpha value is -5.72. The molecule has 204 valence electrons. The molecule has 0 heterocycles. The van der Waals surface area contributed by atoms with Crippen LogP contribution in [0.5, 0.6) is 0 Å². The van der Waals surface area contributed by atoms with Gasteiger partial charge in [0.25, 0.3) is 0 Å². The van der Waals surface area contributed by atoms with Crippen molar-refractivity contribution in [2.75, 3.05) is 0 Å². The summed E-state index contributed by atoms with van der Waals surface area (Å²) in [6.45, 7) is 0. The van der Waals surface area contributed by atoms with Gasteiger partial charge in [-0.15, -0.1) is 0 Å². The molecule has 0 unspecified atom stereocenters. The minimum atomic E-state index is -0.465. The van der Waals surface area contributed by atoms with Crippen molar-refractivity contribution in [2.24, 2.45) is 0 Å². The molecule has 0 nitrogen and oxygen atoms in total. The maximum absolute atomic E-state index is 9.23. The highest BCUT2D eigenvalue weighted by molar-refractivity contribution is 6.26. The first-order valence-electron chi connectivity index (χ1n) is 18.2. The Morgan fingerprint density at radius 2 is 0.750 bits per heavy atom. The Kier molecular flexibility index (Phi) is 4.23. The molecule has 0 atom stereocenters. The van der Waals surface area contributed by atoms with Crippen LogP contribution in [0.25, 0.3) is 87.2 Å². The normalized spacial score (nSPS) is 13.9. The zero-order valence-electron chi connectivity index (χ0n) is 30.6. The third kappa shape index (κ3) is 3.71. The van der Waals surface area contributed by atoms with Crippen molar-refractivity contribution in [1.29, 1.82) is 0 Å². The van der Waals surface area contributed by atoms with E-state index in [-0.39, 0.29) is 46.5 Å². The first-order chi connectivity index (χ1) is 24.8. The molecule has 0 saturated carbocycles. The molecule has 0 radical (unpaired) electrons. The van der Waals surface area contributed by atoms with Gasteiger partial charge in [-0.25, -0.2) is 0 Å². The molecule has 0 bridgehead atoms. The van der Waals surface area contributed by atoms with E-state index >= 15 is 0 Å². The Balaban J connectivity index is 1.43. The molecule has 0 saturated heterocycles. The monoisotopic (exact) mass is 563 g/mol. The van der Waals surface area contributed by atoms with Crippen LogP contribution in [0.1, 0.15) is 9.60 Å². The van der Waals surface area contributed by atoms with E-state index in [1.165, 1.54) is 10.8 Å². The molecule has 0 aliphatic rings. The summed E-state index contributed by atoms with van der Waals surface area (Å²) < 4.78 is 61.3. The summed E-state index contributed by atoms with van der Waals surface area (Å²) >= 11 is 0. The highest BCUT2D eigenvalue weighted by atomic mass is 14.2. The molecular weight excluding hydrogens is 528 g/mol. The van der Waals surface area contributed by atoms with Crippen LogP contribution in [0.4, 0.5) is 0 Å². The van der Waals surface area contributed by atoms with Crippen molar-refractivity contribution in [3.8, 4) is 33.4 Å². The molecule has 9 aromatic carbocycles. The summed E-state index contributed by atoms with van der Waals surface area (Å²) in [5.74, 6) is 0. The predicted molar refractivity (Wildman–Crippen MR) is 190 cm³/mol. The van der Waals surface area contributed by atoms with Crippen molar-refractivity contribution in [1.82, 2.24) is 0 Å². The first-order valence-corrected chi connectivity index (χ1v) is 14.7. The number of fused-ring (bicyclic) bond motifs is 5. The van der Waals surface area contributed by atoms with Crippen LogP contribution in [0, 0.1) is 0 Å². The first kappa shape index (κ1) is 18.7. The lowest BCUT2D eigenvalue weighted by Gasteiger charge is -2.20. The highest BCUT2D eigenvalue weighted by Gasteiger charge is 2.20. The third-order valence-electron chi connectivity index (χ3n) is 8.77. The molecule has 0 fully saturated rings. The van der Waals surface area contributed by atoms with Gasteiger partial charge in [0.15, 0.2) is 0 Å². The smallest absolute Gasteiger partial charge is 0.0616 e. The zero-order valence-corrected chi connectivity index (χ0v) is 23.6. The summed E-state index contributed by atoms with van der Waals surface area (Å²) in [6, 6.07) is 40.9. The maximum atomic E-state index is 9.23. The van der Waals surface area contributed by atoms with Crippen molar-refractivity contribution in [3.63, 3.8) is 0 Å². The van der Waals surface area contributed by atoms with Crippen molar-refractivity contribution in [2.45, 2.75) is 0 Å². The second-order valence-corrected chi connectivity index (χ2v) is 11.1. The predicted octanol–water partition coefficient (Wildman–Crippen LogP) is 12.5. The average molecular weight is 564 g/mol. The van der Waals surface area contributed by atoms with Gasteiger partial charge in [-0.2, -0.15) is 0 Å². The standard InChI is InChI=1S/C44H28/c1-3-17-31-29(13-1)15-11-25-33(31)36-27-28-42(35-20-6-5-19-34(35)36)44-40-23-9-7-21-38(40)43(39-22-8-10-24-41(39)44)37-26-12-16-30-14-2-4-18-32(30)37/h1-28H/i2D,4D,12D,14D,16D,18D,26D. The van der Waals surface area contributed by atoms with Gasteiger partial charge in [0.05, 0.1) is 9.60 Å². The number of hydrogen-bond donors (Lipinski definition) is 0.